The van der Waals surface area contributed by atoms with Crippen molar-refractivity contribution in [1.82, 2.24) is 0 Å². The first-order valence-electron chi connectivity index (χ1n) is 21.5. The van der Waals surface area contributed by atoms with Gasteiger partial charge in [0, 0.05) is 33.1 Å². The lowest BCUT2D eigenvalue weighted by Gasteiger charge is -2.22. The maximum atomic E-state index is 13.8. The summed E-state index contributed by atoms with van der Waals surface area (Å²) in [7, 11) is -9.19. The van der Waals surface area contributed by atoms with Crippen molar-refractivity contribution in [3.63, 3.8) is 0 Å². The van der Waals surface area contributed by atoms with E-state index in [2.05, 4.69) is 173 Å². The minimum Gasteiger partial charge on any atom is -0.212 e. The Morgan fingerprint density at radius 1 is 0.562 bits per heavy atom. The van der Waals surface area contributed by atoms with Crippen LogP contribution in [0.5, 0.6) is 0 Å². The molecule has 0 fully saturated rings. The Kier molecular flexibility index (Phi) is 13.8. The second-order valence-electron chi connectivity index (χ2n) is 16.5. The van der Waals surface area contributed by atoms with Crippen LogP contribution in [0.4, 0.5) is 0 Å². The minimum absolute atomic E-state index is 0.0634. The summed E-state index contributed by atoms with van der Waals surface area (Å²) in [4.78, 5) is 4.35. The lowest BCUT2D eigenvalue weighted by atomic mass is 9.85. The zero-order chi connectivity index (χ0) is 44.8. The summed E-state index contributed by atoms with van der Waals surface area (Å²) >= 11 is 3.50. The molecule has 4 nitrogen and oxygen atoms in total. The van der Waals surface area contributed by atoms with Crippen LogP contribution in [0.2, 0.25) is 0 Å². The summed E-state index contributed by atoms with van der Waals surface area (Å²) in [6.45, 7) is 8.37. The number of aryl methyl sites for hydroxylation is 4. The van der Waals surface area contributed by atoms with Crippen molar-refractivity contribution in [1.29, 1.82) is 0 Å². The zero-order valence-corrected chi connectivity index (χ0v) is 39.8. The van der Waals surface area contributed by atoms with Crippen LogP contribution < -0.4 is 0 Å². The normalized spacial score (nSPS) is 15.4. The fourth-order valence-electron chi connectivity index (χ4n) is 7.81. The highest BCUT2D eigenvalue weighted by Gasteiger charge is 2.32. The first-order valence-corrected chi connectivity index (χ1v) is 26.8. The maximum Gasteiger partial charge on any atom is 0.282 e. The van der Waals surface area contributed by atoms with Gasteiger partial charge in [0.2, 0.25) is 21.1 Å². The lowest BCUT2D eigenvalue weighted by molar-refractivity contribution is 0.582. The van der Waals surface area contributed by atoms with Gasteiger partial charge in [0.05, 0.1) is 10.6 Å². The molecule has 1 aromatic heterocycles. The average Bonchev–Trinajstić information content (AvgIpc) is 3.30. The molecule has 0 saturated carbocycles. The number of rotatable bonds is 12. The third-order valence-corrected chi connectivity index (χ3v) is 19.2. The quantitative estimate of drug-likeness (QED) is 0.0904. The number of hydrogen-bond donors (Lipinski definition) is 0. The van der Waals surface area contributed by atoms with E-state index >= 15 is 0 Å². The predicted octanol–water partition coefficient (Wildman–Crippen LogP) is 15.0. The molecule has 0 radical (unpaired) electrons. The van der Waals surface area contributed by atoms with Crippen molar-refractivity contribution in [3.8, 4) is 20.9 Å². The van der Waals surface area contributed by atoms with Crippen molar-refractivity contribution in [2.75, 3.05) is 5.75 Å². The first-order chi connectivity index (χ1) is 30.8. The SMILES string of the molecule is Cc1ccc(C2=CC(=C/C=C3\CCCC(/C=C/c4cc(-c5ccc(C)cc5)[s+]c(-c5ccc(C)cc5)c4)=C3CCS(=O)(=O)S(=O)(=O)c3ccccc3)C=C(c3ccc(C)cc3)S2)cc1. The molecule has 6 aromatic rings. The van der Waals surface area contributed by atoms with Gasteiger partial charge in [-0.2, -0.15) is 0 Å². The molecule has 0 unspecified atom stereocenters. The van der Waals surface area contributed by atoms with Crippen molar-refractivity contribution in [2.45, 2.75) is 58.3 Å². The minimum atomic E-state index is -4.61. The molecule has 1 aliphatic heterocycles. The van der Waals surface area contributed by atoms with Crippen LogP contribution in [0.15, 0.2) is 197 Å². The molecule has 5 aromatic carbocycles. The number of benzene rings is 5. The van der Waals surface area contributed by atoms with E-state index in [0.29, 0.717) is 0 Å². The molecule has 0 atom stereocenters. The van der Waals surface area contributed by atoms with Crippen LogP contribution in [0.25, 0.3) is 36.8 Å². The Balaban J connectivity index is 1.22. The maximum absolute atomic E-state index is 13.8. The van der Waals surface area contributed by atoms with Gasteiger partial charge < -0.3 is 0 Å². The van der Waals surface area contributed by atoms with E-state index in [-0.39, 0.29) is 11.3 Å². The second kappa shape index (κ2) is 19.6. The smallest absolute Gasteiger partial charge is 0.212 e. The Morgan fingerprint density at radius 2 is 1.05 bits per heavy atom. The van der Waals surface area contributed by atoms with Gasteiger partial charge in [0.15, 0.2) is 0 Å². The third kappa shape index (κ3) is 10.6. The predicted molar refractivity (Wildman–Crippen MR) is 273 cm³/mol. The summed E-state index contributed by atoms with van der Waals surface area (Å²) in [5.41, 5.74) is 14.3. The molecular formula is C56H51O4S4+. The largest absolute Gasteiger partial charge is 0.282 e. The molecule has 2 heterocycles. The second-order valence-corrected chi connectivity index (χ2v) is 24.4. The van der Waals surface area contributed by atoms with E-state index in [1.165, 1.54) is 34.4 Å². The van der Waals surface area contributed by atoms with Gasteiger partial charge in [-0.1, -0.05) is 149 Å². The van der Waals surface area contributed by atoms with Gasteiger partial charge in [-0.15, -0.1) is 0 Å². The van der Waals surface area contributed by atoms with Crippen molar-refractivity contribution in [2.24, 2.45) is 0 Å². The van der Waals surface area contributed by atoms with E-state index < -0.39 is 23.5 Å². The lowest BCUT2D eigenvalue weighted by Crippen LogP contribution is -2.20. The number of thioether (sulfide) groups is 1. The number of hydrogen-bond acceptors (Lipinski definition) is 5. The van der Waals surface area contributed by atoms with Crippen LogP contribution >= 0.6 is 23.1 Å². The molecule has 2 aliphatic rings. The van der Waals surface area contributed by atoms with E-state index in [1.807, 2.05) is 0 Å². The van der Waals surface area contributed by atoms with Crippen LogP contribution in [0, 0.1) is 27.7 Å². The molecule has 0 saturated heterocycles. The molecule has 0 amide bonds. The molecule has 0 N–H and O–H groups in total. The molecular weight excluding hydrogens is 865 g/mol. The van der Waals surface area contributed by atoms with Gasteiger partial charge in [-0.25, -0.2) is 16.8 Å². The molecule has 0 bridgehead atoms. The highest BCUT2D eigenvalue weighted by Crippen LogP contribution is 2.45. The Hall–Kier alpha value is -5.64. The summed E-state index contributed by atoms with van der Waals surface area (Å²) in [6, 6.07) is 46.2. The molecule has 322 valence electrons. The van der Waals surface area contributed by atoms with Gasteiger partial charge in [-0.3, -0.25) is 0 Å². The Morgan fingerprint density at radius 3 is 1.55 bits per heavy atom. The monoisotopic (exact) mass is 915 g/mol. The summed E-state index contributed by atoms with van der Waals surface area (Å²) in [5, 5.41) is 0. The van der Waals surface area contributed by atoms with Gasteiger partial charge in [0.25, 0.3) is 17.7 Å². The van der Waals surface area contributed by atoms with Crippen LogP contribution in [0.1, 0.15) is 64.6 Å². The highest BCUT2D eigenvalue weighted by molar-refractivity contribution is 8.67. The van der Waals surface area contributed by atoms with Crippen molar-refractivity contribution >= 4 is 56.7 Å². The van der Waals surface area contributed by atoms with Crippen LogP contribution in [0.3, 0.4) is 0 Å². The fourth-order valence-corrected chi connectivity index (χ4v) is 13.7. The molecule has 8 rings (SSSR count). The van der Waals surface area contributed by atoms with Gasteiger partial charge >= 0.3 is 0 Å². The van der Waals surface area contributed by atoms with E-state index in [9.17, 15) is 16.8 Å². The van der Waals surface area contributed by atoms with E-state index in [1.54, 1.807) is 41.3 Å². The molecule has 0 spiro atoms. The Labute approximate surface area is 387 Å². The van der Waals surface area contributed by atoms with Crippen molar-refractivity contribution in [3.05, 3.63) is 231 Å². The van der Waals surface area contributed by atoms with E-state index in [4.69, 9.17) is 0 Å². The zero-order valence-electron chi connectivity index (χ0n) is 36.5. The molecule has 1 aliphatic carbocycles. The van der Waals surface area contributed by atoms with Crippen molar-refractivity contribution < 1.29 is 16.8 Å². The summed E-state index contributed by atoms with van der Waals surface area (Å²) < 4.78 is 54.7. The fraction of sp³-hybridized carbons (Fsp3) is 0.161. The Bertz CT molecular complexity index is 2970. The summed E-state index contributed by atoms with van der Waals surface area (Å²) in [5.74, 6) is -0.529. The van der Waals surface area contributed by atoms with Crippen LogP contribution in [-0.2, 0) is 17.7 Å². The third-order valence-electron chi connectivity index (χ3n) is 11.6. The summed E-state index contributed by atoms with van der Waals surface area (Å²) in [6.07, 6.45) is 15.3. The van der Waals surface area contributed by atoms with Gasteiger partial charge in [-0.05, 0) is 141 Å². The first kappa shape index (κ1) is 44.9. The number of allylic oxidation sites excluding steroid dienone is 9. The topological polar surface area (TPSA) is 68.3 Å². The van der Waals surface area contributed by atoms with Crippen LogP contribution in [-0.4, -0.2) is 22.6 Å². The standard InChI is InChI=1S/C56H51O4S4/c1-39-13-23-47(24-14-39)53-35-43(36-54(61-53)48-25-15-40(2)16-26-48)21-31-45-9-8-10-46(52(45)33-34-63(57,58)64(59,60)51-11-6-5-7-12-51)32-22-44-37-55(49-27-17-41(3)18-28-49)62-56(38-44)50-29-19-42(4)20-30-50/h5-7,11-32,35-38H,8-10,33-34H2,1-4H3/q+1. The average molecular weight is 916 g/mol. The van der Waals surface area contributed by atoms with E-state index in [0.717, 1.165) is 88.9 Å². The van der Waals surface area contributed by atoms with Gasteiger partial charge in [0.1, 0.15) is 0 Å². The molecule has 8 heteroatoms. The highest BCUT2D eigenvalue weighted by atomic mass is 33.2. The molecule has 64 heavy (non-hydrogen) atoms.